The zero-order valence-electron chi connectivity index (χ0n) is 18.9. The summed E-state index contributed by atoms with van der Waals surface area (Å²) in [7, 11) is 2.10. The number of pyridine rings is 1. The van der Waals surface area contributed by atoms with Gasteiger partial charge in [-0.1, -0.05) is 24.3 Å². The Balaban J connectivity index is 1.53. The van der Waals surface area contributed by atoms with E-state index in [-0.39, 0.29) is 12.1 Å². The van der Waals surface area contributed by atoms with E-state index in [1.54, 1.807) is 0 Å². The van der Waals surface area contributed by atoms with Crippen LogP contribution < -0.4 is 15.0 Å². The molecular formula is C27H26N4OS. The molecule has 3 heterocycles. The second-order valence-electron chi connectivity index (χ2n) is 8.29. The summed E-state index contributed by atoms with van der Waals surface area (Å²) in [6.45, 7) is 4.29. The minimum Gasteiger partial charge on any atom is -0.457 e. The Bertz CT molecular complexity index is 1270. The number of nitrogens with one attached hydrogen (secondary N) is 1. The molecule has 33 heavy (non-hydrogen) atoms. The van der Waals surface area contributed by atoms with E-state index in [0.717, 1.165) is 22.9 Å². The van der Waals surface area contributed by atoms with Crippen LogP contribution in [0.15, 0.2) is 85.1 Å². The van der Waals surface area contributed by atoms with E-state index in [0.29, 0.717) is 5.11 Å². The third-order valence-corrected chi connectivity index (χ3v) is 6.64. The Morgan fingerprint density at radius 1 is 0.909 bits per heavy atom. The van der Waals surface area contributed by atoms with Gasteiger partial charge in [0.2, 0.25) is 0 Å². The molecule has 0 saturated carbocycles. The van der Waals surface area contributed by atoms with Crippen LogP contribution in [-0.4, -0.2) is 14.7 Å². The van der Waals surface area contributed by atoms with Crippen molar-refractivity contribution in [2.45, 2.75) is 25.9 Å². The standard InChI is InChI=1S/C27H26N4OS/c1-18-17-23(19(2)30(18)3)26-25(24-11-7-8-16-28-24)29-27(33)31(26)20-12-14-22(15-13-20)32-21-9-5-4-6-10-21/h4-17,25-26H,1-3H3,(H,29,33). The van der Waals surface area contributed by atoms with Crippen LogP contribution in [0.25, 0.3) is 0 Å². The number of ether oxygens (including phenoxy) is 1. The summed E-state index contributed by atoms with van der Waals surface area (Å²) in [6.07, 6.45) is 1.83. The first-order valence-electron chi connectivity index (χ1n) is 11.0. The van der Waals surface area contributed by atoms with Gasteiger partial charge in [-0.15, -0.1) is 0 Å². The van der Waals surface area contributed by atoms with E-state index < -0.39 is 0 Å². The summed E-state index contributed by atoms with van der Waals surface area (Å²) >= 11 is 5.85. The predicted octanol–water partition coefficient (Wildman–Crippen LogP) is 6.01. The fourth-order valence-corrected chi connectivity index (χ4v) is 4.78. The number of hydrogen-bond donors (Lipinski definition) is 1. The maximum atomic E-state index is 5.98. The van der Waals surface area contributed by atoms with Crippen LogP contribution >= 0.6 is 12.2 Å². The highest BCUT2D eigenvalue weighted by Crippen LogP contribution is 2.43. The largest absolute Gasteiger partial charge is 0.457 e. The summed E-state index contributed by atoms with van der Waals surface area (Å²) in [5.74, 6) is 1.60. The van der Waals surface area contributed by atoms with Crippen LogP contribution in [0, 0.1) is 13.8 Å². The minimum absolute atomic E-state index is 0.0202. The lowest BCUT2D eigenvalue weighted by Crippen LogP contribution is -2.29. The number of aryl methyl sites for hydroxylation is 1. The lowest BCUT2D eigenvalue weighted by atomic mass is 9.96. The van der Waals surface area contributed by atoms with E-state index in [2.05, 4.69) is 64.9 Å². The highest BCUT2D eigenvalue weighted by molar-refractivity contribution is 7.80. The van der Waals surface area contributed by atoms with Crippen molar-refractivity contribution in [1.82, 2.24) is 14.9 Å². The molecule has 4 aromatic rings. The van der Waals surface area contributed by atoms with Gasteiger partial charge >= 0.3 is 0 Å². The molecule has 1 aliphatic heterocycles. The number of aromatic nitrogens is 2. The van der Waals surface area contributed by atoms with Crippen LogP contribution in [0.4, 0.5) is 5.69 Å². The smallest absolute Gasteiger partial charge is 0.174 e. The predicted molar refractivity (Wildman–Crippen MR) is 136 cm³/mol. The van der Waals surface area contributed by atoms with Gasteiger partial charge in [-0.3, -0.25) is 4.98 Å². The van der Waals surface area contributed by atoms with Crippen molar-refractivity contribution >= 4 is 23.0 Å². The van der Waals surface area contributed by atoms with Gasteiger partial charge in [-0.2, -0.15) is 0 Å². The Morgan fingerprint density at radius 2 is 1.61 bits per heavy atom. The normalized spacial score (nSPS) is 17.8. The van der Waals surface area contributed by atoms with Crippen molar-refractivity contribution in [3.63, 3.8) is 0 Å². The maximum Gasteiger partial charge on any atom is 0.174 e. The molecule has 1 N–H and O–H groups in total. The maximum absolute atomic E-state index is 5.98. The quantitative estimate of drug-likeness (QED) is 0.374. The SMILES string of the molecule is Cc1cc(C2C(c3ccccn3)NC(=S)N2c2ccc(Oc3ccccc3)cc2)c(C)n1C. The number of anilines is 1. The van der Waals surface area contributed by atoms with Gasteiger partial charge in [-0.05, 0) is 86.2 Å². The molecular weight excluding hydrogens is 428 g/mol. The van der Waals surface area contributed by atoms with E-state index in [9.17, 15) is 0 Å². The average molecular weight is 455 g/mol. The van der Waals surface area contributed by atoms with Crippen LogP contribution in [0.5, 0.6) is 11.5 Å². The second kappa shape index (κ2) is 8.71. The van der Waals surface area contributed by atoms with Gasteiger partial charge in [-0.25, -0.2) is 0 Å². The Hall–Kier alpha value is -3.64. The van der Waals surface area contributed by atoms with Gasteiger partial charge in [0, 0.05) is 30.3 Å². The molecule has 0 amide bonds. The highest BCUT2D eigenvalue weighted by Gasteiger charge is 2.42. The molecule has 2 atom stereocenters. The molecule has 1 fully saturated rings. The molecule has 1 saturated heterocycles. The third kappa shape index (κ3) is 3.98. The Morgan fingerprint density at radius 3 is 2.24 bits per heavy atom. The first kappa shape index (κ1) is 21.2. The van der Waals surface area contributed by atoms with Gasteiger partial charge in [0.1, 0.15) is 11.5 Å². The Labute approximate surface area is 199 Å². The van der Waals surface area contributed by atoms with Gasteiger partial charge < -0.3 is 19.5 Å². The van der Waals surface area contributed by atoms with Gasteiger partial charge in [0.25, 0.3) is 0 Å². The zero-order valence-corrected chi connectivity index (χ0v) is 19.7. The average Bonchev–Trinajstić information content (AvgIpc) is 3.31. The minimum atomic E-state index is -0.0561. The molecule has 0 bridgehead atoms. The molecule has 0 spiro atoms. The van der Waals surface area contributed by atoms with E-state index >= 15 is 0 Å². The topological polar surface area (TPSA) is 42.3 Å². The van der Waals surface area contributed by atoms with Crippen molar-refractivity contribution in [1.29, 1.82) is 0 Å². The van der Waals surface area contributed by atoms with Gasteiger partial charge in [0.15, 0.2) is 5.11 Å². The van der Waals surface area contributed by atoms with E-state index in [4.69, 9.17) is 17.0 Å². The van der Waals surface area contributed by atoms with Crippen LogP contribution in [0.2, 0.25) is 0 Å². The lowest BCUT2D eigenvalue weighted by Gasteiger charge is -2.28. The molecule has 0 radical (unpaired) electrons. The molecule has 2 aromatic heterocycles. The molecule has 166 valence electrons. The number of para-hydroxylation sites is 1. The summed E-state index contributed by atoms with van der Waals surface area (Å²) in [6, 6.07) is 26.1. The first-order chi connectivity index (χ1) is 16.0. The zero-order chi connectivity index (χ0) is 22.9. The van der Waals surface area contributed by atoms with Crippen LogP contribution in [-0.2, 0) is 7.05 Å². The molecule has 5 rings (SSSR count). The number of thiocarbonyl (C=S) groups is 1. The summed E-state index contributed by atoms with van der Waals surface area (Å²) in [5.41, 5.74) is 5.66. The monoisotopic (exact) mass is 454 g/mol. The molecule has 2 aromatic carbocycles. The number of nitrogens with zero attached hydrogens (tertiary/aromatic N) is 3. The number of benzene rings is 2. The molecule has 2 unspecified atom stereocenters. The fraction of sp³-hybridized carbons (Fsp3) is 0.185. The number of hydrogen-bond acceptors (Lipinski definition) is 3. The summed E-state index contributed by atoms with van der Waals surface area (Å²) < 4.78 is 8.21. The fourth-order valence-electron chi connectivity index (χ4n) is 4.43. The second-order valence-corrected chi connectivity index (χ2v) is 8.68. The Kier molecular flexibility index (Phi) is 5.60. The van der Waals surface area contributed by atoms with E-state index in [1.807, 2.05) is 60.8 Å². The lowest BCUT2D eigenvalue weighted by molar-refractivity contribution is 0.482. The molecule has 0 aliphatic carbocycles. The van der Waals surface area contributed by atoms with Crippen LogP contribution in [0.1, 0.15) is 34.7 Å². The first-order valence-corrected chi connectivity index (χ1v) is 11.4. The van der Waals surface area contributed by atoms with E-state index in [1.165, 1.54) is 17.0 Å². The van der Waals surface area contributed by atoms with Crippen molar-refractivity contribution < 1.29 is 4.74 Å². The summed E-state index contributed by atoms with van der Waals surface area (Å²) in [4.78, 5) is 6.84. The highest BCUT2D eigenvalue weighted by atomic mass is 32.1. The number of rotatable bonds is 5. The molecule has 1 aliphatic rings. The third-order valence-electron chi connectivity index (χ3n) is 6.32. The molecule has 5 nitrogen and oxygen atoms in total. The van der Waals surface area contributed by atoms with Crippen molar-refractivity contribution in [3.05, 3.63) is 108 Å². The van der Waals surface area contributed by atoms with Crippen molar-refractivity contribution in [2.24, 2.45) is 7.05 Å². The van der Waals surface area contributed by atoms with Crippen molar-refractivity contribution in [2.75, 3.05) is 4.90 Å². The van der Waals surface area contributed by atoms with Crippen LogP contribution in [0.3, 0.4) is 0 Å². The molecule has 6 heteroatoms. The van der Waals surface area contributed by atoms with Gasteiger partial charge in [0.05, 0.1) is 17.8 Å². The summed E-state index contributed by atoms with van der Waals surface area (Å²) in [5, 5.41) is 4.22. The van der Waals surface area contributed by atoms with Crippen molar-refractivity contribution in [3.8, 4) is 11.5 Å².